The van der Waals surface area contributed by atoms with Crippen molar-refractivity contribution in [3.8, 4) is 16.9 Å². The summed E-state index contributed by atoms with van der Waals surface area (Å²) < 4.78 is 20.5. The molecular formula is C27H29FN4OS. The quantitative estimate of drug-likeness (QED) is 0.349. The second-order valence-electron chi connectivity index (χ2n) is 9.10. The smallest absolute Gasteiger partial charge is 0.297 e. The van der Waals surface area contributed by atoms with E-state index in [1.165, 1.54) is 23.8 Å². The van der Waals surface area contributed by atoms with Gasteiger partial charge in [0.1, 0.15) is 5.82 Å². The van der Waals surface area contributed by atoms with Crippen LogP contribution in [0.1, 0.15) is 44.3 Å². The number of hydrogen-bond donors (Lipinski definition) is 0. The van der Waals surface area contributed by atoms with Crippen molar-refractivity contribution in [3.05, 3.63) is 86.6 Å². The van der Waals surface area contributed by atoms with Crippen LogP contribution in [0, 0.1) is 18.7 Å². The van der Waals surface area contributed by atoms with E-state index >= 15 is 0 Å². The Hall–Kier alpha value is -3.19. The van der Waals surface area contributed by atoms with Crippen molar-refractivity contribution in [2.24, 2.45) is 18.0 Å². The molecular weight excluding hydrogens is 447 g/mol. The van der Waals surface area contributed by atoms with Gasteiger partial charge in [0.05, 0.1) is 17.1 Å². The molecule has 0 radical (unpaired) electrons. The molecule has 5 rings (SSSR count). The van der Waals surface area contributed by atoms with Crippen LogP contribution in [-0.4, -0.2) is 13.9 Å². The zero-order valence-corrected chi connectivity index (χ0v) is 20.6. The van der Waals surface area contributed by atoms with Gasteiger partial charge in [0.2, 0.25) is 0 Å². The number of thiazole rings is 1. The number of nitrogens with zero attached hydrogens (tertiary/aromatic N) is 4. The molecule has 0 amide bonds. The van der Waals surface area contributed by atoms with Crippen molar-refractivity contribution in [2.75, 3.05) is 0 Å². The molecule has 2 unspecified atom stereocenters. The minimum atomic E-state index is -0.244. The van der Waals surface area contributed by atoms with Gasteiger partial charge in [0.15, 0.2) is 10.5 Å². The van der Waals surface area contributed by atoms with Gasteiger partial charge in [-0.3, -0.25) is 9.48 Å². The maximum Gasteiger partial charge on any atom is 0.297 e. The van der Waals surface area contributed by atoms with E-state index in [2.05, 4.69) is 11.5 Å². The Balaban J connectivity index is 1.74. The molecule has 0 N–H and O–H groups in total. The van der Waals surface area contributed by atoms with Gasteiger partial charge < -0.3 is 4.57 Å². The lowest BCUT2D eigenvalue weighted by atomic mass is 9.85. The third-order valence-electron chi connectivity index (χ3n) is 7.02. The van der Waals surface area contributed by atoms with E-state index in [0.29, 0.717) is 17.2 Å². The highest BCUT2D eigenvalue weighted by molar-refractivity contribution is 7.07. The summed E-state index contributed by atoms with van der Waals surface area (Å²) in [7, 11) is 1.87. The molecule has 0 bridgehead atoms. The third kappa shape index (κ3) is 3.88. The Kier molecular flexibility index (Phi) is 6.13. The van der Waals surface area contributed by atoms with Gasteiger partial charge in [0.25, 0.3) is 5.56 Å². The summed E-state index contributed by atoms with van der Waals surface area (Å²) in [5, 5.41) is 1.98. The van der Waals surface area contributed by atoms with Crippen molar-refractivity contribution in [2.45, 2.75) is 45.6 Å². The number of benzene rings is 2. The Morgan fingerprint density at radius 3 is 2.47 bits per heavy atom. The van der Waals surface area contributed by atoms with Crippen LogP contribution in [0.5, 0.6) is 0 Å². The zero-order valence-electron chi connectivity index (χ0n) is 19.7. The molecule has 0 saturated heterocycles. The number of hydrogen-bond acceptors (Lipinski definition) is 3. The van der Waals surface area contributed by atoms with E-state index in [0.717, 1.165) is 41.1 Å². The maximum absolute atomic E-state index is 14.8. The first-order chi connectivity index (χ1) is 16.5. The summed E-state index contributed by atoms with van der Waals surface area (Å²) in [5.74, 6) is 0.206. The van der Waals surface area contributed by atoms with Crippen LogP contribution in [-0.2, 0) is 7.05 Å². The van der Waals surface area contributed by atoms with Gasteiger partial charge in [-0.15, -0.1) is 11.3 Å². The van der Waals surface area contributed by atoms with Crippen LogP contribution < -0.4 is 10.4 Å². The molecule has 4 aromatic rings. The summed E-state index contributed by atoms with van der Waals surface area (Å²) in [5.41, 5.74) is 3.26. The SMILES string of the molecule is Cc1c(N=c2scc(-c3ccccc3F)n2C2CCCCC2C)c(=O)n(-c2ccccc2)n1C. The third-order valence-corrected chi connectivity index (χ3v) is 7.86. The second kappa shape index (κ2) is 9.22. The molecule has 1 saturated carbocycles. The first kappa shape index (κ1) is 22.6. The van der Waals surface area contributed by atoms with E-state index < -0.39 is 0 Å². The molecule has 2 aromatic carbocycles. The van der Waals surface area contributed by atoms with Crippen molar-refractivity contribution in [1.82, 2.24) is 13.9 Å². The molecule has 1 aliphatic carbocycles. The summed E-state index contributed by atoms with van der Waals surface area (Å²) in [6.45, 7) is 4.18. The molecule has 7 heteroatoms. The van der Waals surface area contributed by atoms with Gasteiger partial charge >= 0.3 is 0 Å². The predicted molar refractivity (Wildman–Crippen MR) is 135 cm³/mol. The van der Waals surface area contributed by atoms with Crippen molar-refractivity contribution in [1.29, 1.82) is 0 Å². The van der Waals surface area contributed by atoms with Crippen molar-refractivity contribution < 1.29 is 4.39 Å². The molecule has 2 aromatic heterocycles. The molecule has 0 aliphatic heterocycles. The fraction of sp³-hybridized carbons (Fsp3) is 0.333. The summed E-state index contributed by atoms with van der Waals surface area (Å²) >= 11 is 1.47. The minimum absolute atomic E-state index is 0.157. The number of para-hydroxylation sites is 1. The van der Waals surface area contributed by atoms with Crippen molar-refractivity contribution >= 4 is 17.0 Å². The average Bonchev–Trinajstić information content (AvgIpc) is 3.34. The van der Waals surface area contributed by atoms with Crippen molar-refractivity contribution in [3.63, 3.8) is 0 Å². The van der Waals surface area contributed by atoms with E-state index in [9.17, 15) is 9.18 Å². The Labute approximate surface area is 202 Å². The molecule has 1 fully saturated rings. The van der Waals surface area contributed by atoms with Gasteiger partial charge in [-0.2, -0.15) is 0 Å². The first-order valence-electron chi connectivity index (χ1n) is 11.8. The largest absolute Gasteiger partial charge is 0.313 e. The Morgan fingerprint density at radius 1 is 1.03 bits per heavy atom. The standard InChI is InChI=1S/C27H29FN4OS/c1-18-11-7-10-16-23(18)31-24(21-14-8-9-15-22(21)28)17-34-27(31)29-25-19(2)30(3)32(26(25)33)20-12-5-4-6-13-20/h4-6,8-9,12-15,17-18,23H,7,10-11,16H2,1-3H3. The fourth-order valence-corrected chi connectivity index (χ4v) is 6.00. The Morgan fingerprint density at radius 2 is 1.74 bits per heavy atom. The maximum atomic E-state index is 14.8. The van der Waals surface area contributed by atoms with Crippen LogP contribution in [0.15, 0.2) is 69.8 Å². The highest BCUT2D eigenvalue weighted by Gasteiger charge is 2.27. The number of rotatable bonds is 4. The molecule has 2 atom stereocenters. The normalized spacial score (nSPS) is 19.0. The highest BCUT2D eigenvalue weighted by atomic mass is 32.1. The minimum Gasteiger partial charge on any atom is -0.313 e. The number of halogens is 1. The van der Waals surface area contributed by atoms with E-state index in [1.54, 1.807) is 10.7 Å². The topological polar surface area (TPSA) is 44.2 Å². The summed E-state index contributed by atoms with van der Waals surface area (Å²) in [6.07, 6.45) is 4.51. The van der Waals surface area contributed by atoms with Gasteiger partial charge in [-0.05, 0) is 49.9 Å². The lowest BCUT2D eigenvalue weighted by Crippen LogP contribution is -2.29. The molecule has 34 heavy (non-hydrogen) atoms. The second-order valence-corrected chi connectivity index (χ2v) is 9.94. The lowest BCUT2D eigenvalue weighted by Gasteiger charge is -2.31. The highest BCUT2D eigenvalue weighted by Crippen LogP contribution is 2.37. The molecule has 5 nitrogen and oxygen atoms in total. The zero-order chi connectivity index (χ0) is 23.8. The Bertz CT molecular complexity index is 1440. The van der Waals surface area contributed by atoms with Crippen LogP contribution in [0.25, 0.3) is 16.9 Å². The van der Waals surface area contributed by atoms with E-state index in [4.69, 9.17) is 4.99 Å². The monoisotopic (exact) mass is 476 g/mol. The molecule has 0 spiro atoms. The fourth-order valence-electron chi connectivity index (χ4n) is 5.05. The van der Waals surface area contributed by atoms with Crippen LogP contribution in [0.3, 0.4) is 0 Å². The summed E-state index contributed by atoms with van der Waals surface area (Å²) in [4.78, 5) is 19.2. The van der Waals surface area contributed by atoms with E-state index in [1.807, 2.05) is 66.5 Å². The van der Waals surface area contributed by atoms with Crippen LogP contribution >= 0.6 is 11.3 Å². The first-order valence-corrected chi connectivity index (χ1v) is 12.7. The van der Waals surface area contributed by atoms with Crippen LogP contribution in [0.2, 0.25) is 0 Å². The molecule has 2 heterocycles. The van der Waals surface area contributed by atoms with Gasteiger partial charge in [0, 0.05) is 24.0 Å². The van der Waals surface area contributed by atoms with Gasteiger partial charge in [-0.1, -0.05) is 50.1 Å². The van der Waals surface area contributed by atoms with Crippen LogP contribution in [0.4, 0.5) is 10.1 Å². The molecule has 1 aliphatic rings. The number of aromatic nitrogens is 3. The molecule has 176 valence electrons. The predicted octanol–water partition coefficient (Wildman–Crippen LogP) is 6.14. The lowest BCUT2D eigenvalue weighted by molar-refractivity contribution is 0.255. The summed E-state index contributed by atoms with van der Waals surface area (Å²) in [6, 6.07) is 16.7. The average molecular weight is 477 g/mol. The van der Waals surface area contributed by atoms with Gasteiger partial charge in [-0.25, -0.2) is 14.1 Å². The van der Waals surface area contributed by atoms with E-state index in [-0.39, 0.29) is 17.4 Å².